The summed E-state index contributed by atoms with van der Waals surface area (Å²) in [5.41, 5.74) is 0. The van der Waals surface area contributed by atoms with Crippen molar-refractivity contribution < 1.29 is 34.3 Å². The van der Waals surface area contributed by atoms with Crippen molar-refractivity contribution in [3.05, 3.63) is 12.2 Å². The van der Waals surface area contributed by atoms with Crippen LogP contribution >= 0.6 is 46.4 Å². The van der Waals surface area contributed by atoms with Gasteiger partial charge in [-0.2, -0.15) is 16.8 Å². The second kappa shape index (κ2) is 19.7. The van der Waals surface area contributed by atoms with E-state index in [0.29, 0.717) is 25.7 Å². The second-order valence-corrected chi connectivity index (χ2v) is 13.8. The minimum atomic E-state index is -4.65. The van der Waals surface area contributed by atoms with Gasteiger partial charge in [-0.3, -0.25) is 9.11 Å². The van der Waals surface area contributed by atoms with Crippen LogP contribution in [0.2, 0.25) is 0 Å². The van der Waals surface area contributed by atoms with Crippen molar-refractivity contribution >= 4 is 67.2 Å². The molecule has 0 saturated carbocycles. The molecule has 0 bridgehead atoms. The summed E-state index contributed by atoms with van der Waals surface area (Å²) < 4.78 is 68.8. The standard InChI is InChI=1S/C22H40Cl4O8S2/c1-2-3-4-5-9-12-15-21(34-36(30,31)32)20(24)17-19(23)14-11-8-6-7-10-13-16-22(25,26)18-33-35(27,28)29/h12,15,19-21H,2-11,13-14,16-18H2,1H3,(H,27,28,29)(H,30,31,32)/b15-12+/t19-,20+,21+/m0/s1. The van der Waals surface area contributed by atoms with Gasteiger partial charge in [-0.05, 0) is 32.1 Å². The van der Waals surface area contributed by atoms with Crippen LogP contribution in [0.4, 0.5) is 0 Å². The number of halogens is 4. The fourth-order valence-corrected chi connectivity index (χ4v) is 5.64. The molecule has 36 heavy (non-hydrogen) atoms. The molecule has 0 aromatic carbocycles. The first kappa shape index (κ1) is 36.6. The largest absolute Gasteiger partial charge is 0.397 e. The first-order valence-electron chi connectivity index (χ1n) is 12.3. The quantitative estimate of drug-likeness (QED) is 0.0513. The molecule has 0 aliphatic rings. The molecule has 0 amide bonds. The molecule has 0 unspecified atom stereocenters. The van der Waals surface area contributed by atoms with Crippen LogP contribution in [0.1, 0.15) is 96.8 Å². The Morgan fingerprint density at radius 1 is 0.861 bits per heavy atom. The lowest BCUT2D eigenvalue weighted by atomic mass is 10.0. The maximum atomic E-state index is 11.2. The van der Waals surface area contributed by atoms with Crippen molar-refractivity contribution in [1.29, 1.82) is 0 Å². The van der Waals surface area contributed by atoms with E-state index in [1.165, 1.54) is 0 Å². The molecule has 0 radical (unpaired) electrons. The number of unbranched alkanes of at least 4 members (excludes halogenated alkanes) is 9. The van der Waals surface area contributed by atoms with Crippen molar-refractivity contribution in [3.8, 4) is 0 Å². The zero-order valence-corrected chi connectivity index (χ0v) is 25.3. The number of allylic oxidation sites excluding steroid dienone is 1. The minimum absolute atomic E-state index is 0.270. The van der Waals surface area contributed by atoms with Crippen LogP contribution in [0.15, 0.2) is 12.2 Å². The van der Waals surface area contributed by atoms with Gasteiger partial charge < -0.3 is 0 Å². The van der Waals surface area contributed by atoms with E-state index >= 15 is 0 Å². The Morgan fingerprint density at radius 2 is 1.44 bits per heavy atom. The molecule has 3 atom stereocenters. The van der Waals surface area contributed by atoms with Crippen LogP contribution in [0.5, 0.6) is 0 Å². The minimum Gasteiger partial charge on any atom is -0.264 e. The summed E-state index contributed by atoms with van der Waals surface area (Å²) in [5, 5.41) is -0.980. The van der Waals surface area contributed by atoms with Gasteiger partial charge in [-0.1, -0.05) is 100 Å². The summed E-state index contributed by atoms with van der Waals surface area (Å²) in [7, 11) is -9.22. The average Bonchev–Trinajstić information content (AvgIpc) is 2.74. The van der Waals surface area contributed by atoms with E-state index in [9.17, 15) is 16.8 Å². The molecule has 0 aliphatic carbocycles. The molecule has 0 rings (SSSR count). The first-order valence-corrected chi connectivity index (χ1v) is 16.6. The fourth-order valence-electron chi connectivity index (χ4n) is 3.46. The molecule has 0 saturated heterocycles. The Balaban J connectivity index is 4.19. The van der Waals surface area contributed by atoms with Gasteiger partial charge in [0.25, 0.3) is 0 Å². The Labute approximate surface area is 237 Å². The van der Waals surface area contributed by atoms with Crippen LogP contribution in [0.3, 0.4) is 0 Å². The van der Waals surface area contributed by atoms with Crippen LogP contribution in [0.25, 0.3) is 0 Å². The van der Waals surface area contributed by atoms with E-state index in [-0.39, 0.29) is 5.38 Å². The van der Waals surface area contributed by atoms with Crippen LogP contribution < -0.4 is 0 Å². The molecular formula is C22H40Cl4O8S2. The fraction of sp³-hybridized carbons (Fsp3) is 0.909. The topological polar surface area (TPSA) is 127 Å². The average molecular weight is 639 g/mol. The number of rotatable bonds is 23. The lowest BCUT2D eigenvalue weighted by Gasteiger charge is -2.20. The van der Waals surface area contributed by atoms with Crippen molar-refractivity contribution in [2.24, 2.45) is 0 Å². The molecule has 0 spiro atoms. The lowest BCUT2D eigenvalue weighted by molar-refractivity contribution is 0.210. The first-order chi connectivity index (χ1) is 16.7. The van der Waals surface area contributed by atoms with Gasteiger partial charge in [0.1, 0.15) is 17.0 Å². The molecule has 14 heteroatoms. The Bertz CT molecular complexity index is 807. The summed E-state index contributed by atoms with van der Waals surface area (Å²) in [6.45, 7) is 1.61. The molecule has 2 N–H and O–H groups in total. The molecule has 0 aromatic heterocycles. The van der Waals surface area contributed by atoms with Crippen molar-refractivity contribution in [1.82, 2.24) is 0 Å². The molecule has 0 aromatic rings. The van der Waals surface area contributed by atoms with Crippen LogP contribution in [0, 0.1) is 0 Å². The normalized spacial score (nSPS) is 15.9. The maximum absolute atomic E-state index is 11.2. The molecule has 8 nitrogen and oxygen atoms in total. The van der Waals surface area contributed by atoms with E-state index in [2.05, 4.69) is 11.1 Å². The highest BCUT2D eigenvalue weighted by atomic mass is 35.5. The predicted octanol–water partition coefficient (Wildman–Crippen LogP) is 7.42. The van der Waals surface area contributed by atoms with Gasteiger partial charge in [0.05, 0.1) is 5.38 Å². The third kappa shape index (κ3) is 23.7. The molecule has 216 valence electrons. The van der Waals surface area contributed by atoms with Crippen molar-refractivity contribution in [2.75, 3.05) is 6.61 Å². The Kier molecular flexibility index (Phi) is 20.0. The smallest absolute Gasteiger partial charge is 0.264 e. The van der Waals surface area contributed by atoms with Crippen molar-refractivity contribution in [3.63, 3.8) is 0 Å². The van der Waals surface area contributed by atoms with Gasteiger partial charge in [0.2, 0.25) is 0 Å². The highest BCUT2D eigenvalue weighted by Gasteiger charge is 2.27. The van der Waals surface area contributed by atoms with Gasteiger partial charge in [-0.25, -0.2) is 8.37 Å². The summed E-state index contributed by atoms with van der Waals surface area (Å²) in [4.78, 5) is 0. The molecule has 0 fully saturated rings. The maximum Gasteiger partial charge on any atom is 0.397 e. The predicted molar refractivity (Wildman–Crippen MR) is 147 cm³/mol. The number of hydrogen-bond donors (Lipinski definition) is 2. The zero-order chi connectivity index (χ0) is 27.7. The van der Waals surface area contributed by atoms with Gasteiger partial charge >= 0.3 is 20.8 Å². The van der Waals surface area contributed by atoms with E-state index in [4.69, 9.17) is 59.7 Å². The molecule has 0 aliphatic heterocycles. The Hall–Kier alpha value is 0.640. The van der Waals surface area contributed by atoms with E-state index < -0.39 is 43.2 Å². The van der Waals surface area contributed by atoms with Crippen molar-refractivity contribution in [2.45, 2.75) is 118 Å². The Morgan fingerprint density at radius 3 is 2.03 bits per heavy atom. The monoisotopic (exact) mass is 636 g/mol. The van der Waals surface area contributed by atoms with Gasteiger partial charge in [0, 0.05) is 5.38 Å². The van der Waals surface area contributed by atoms with Gasteiger partial charge in [0.15, 0.2) is 0 Å². The lowest BCUT2D eigenvalue weighted by Crippen LogP contribution is -2.28. The van der Waals surface area contributed by atoms with E-state index in [0.717, 1.165) is 64.2 Å². The third-order valence-electron chi connectivity index (χ3n) is 5.35. The summed E-state index contributed by atoms with van der Waals surface area (Å²) in [6.07, 6.45) is 14.1. The summed E-state index contributed by atoms with van der Waals surface area (Å²) >= 11 is 24.7. The van der Waals surface area contributed by atoms with E-state index in [1.807, 2.05) is 6.08 Å². The number of hydrogen-bond acceptors (Lipinski definition) is 6. The van der Waals surface area contributed by atoms with Gasteiger partial charge in [-0.15, -0.1) is 23.2 Å². The SMILES string of the molecule is CCCCCC/C=C/[C@@H](OS(=O)(=O)O)[C@H](Cl)C[C@@H](Cl)CCCCCCCCC(Cl)(Cl)COS(=O)(=O)O. The third-order valence-corrected chi connectivity index (χ3v) is 7.65. The zero-order valence-electron chi connectivity index (χ0n) is 20.7. The molecule has 0 heterocycles. The highest BCUT2D eigenvalue weighted by Crippen LogP contribution is 2.29. The van der Waals surface area contributed by atoms with Crippen LogP contribution in [-0.2, 0) is 29.2 Å². The second-order valence-electron chi connectivity index (χ2n) is 8.82. The van der Waals surface area contributed by atoms with E-state index in [1.54, 1.807) is 6.08 Å². The van der Waals surface area contributed by atoms with Crippen LogP contribution in [-0.4, -0.2) is 53.7 Å². The number of alkyl halides is 4. The summed E-state index contributed by atoms with van der Waals surface area (Å²) in [5.74, 6) is 0. The highest BCUT2D eigenvalue weighted by molar-refractivity contribution is 7.81. The summed E-state index contributed by atoms with van der Waals surface area (Å²) in [6, 6.07) is 0. The molecular weight excluding hydrogens is 598 g/mol.